The van der Waals surface area contributed by atoms with Gasteiger partial charge in [-0.15, -0.1) is 0 Å². The SMILES string of the molecule is CC(C)(C)OC(=O)N1[C@@H]2CC2C[C@H]1C(=O)OCC(=O)c1ccc(Br)cc1. The van der Waals surface area contributed by atoms with Gasteiger partial charge in [-0.3, -0.25) is 9.69 Å². The number of ketones is 1. The second-order valence-corrected chi connectivity index (χ2v) is 8.66. The lowest BCUT2D eigenvalue weighted by Gasteiger charge is -2.29. The maximum Gasteiger partial charge on any atom is 0.411 e. The summed E-state index contributed by atoms with van der Waals surface area (Å²) in [5.74, 6) is -0.506. The molecule has 1 saturated heterocycles. The quantitative estimate of drug-likeness (QED) is 0.546. The number of hydrogen-bond donors (Lipinski definition) is 0. The molecular weight excluding hydrogens is 402 g/mol. The van der Waals surface area contributed by atoms with Crippen molar-refractivity contribution >= 4 is 33.8 Å². The van der Waals surface area contributed by atoms with Gasteiger partial charge in [0.25, 0.3) is 0 Å². The molecule has 1 saturated carbocycles. The summed E-state index contributed by atoms with van der Waals surface area (Å²) >= 11 is 3.31. The van der Waals surface area contributed by atoms with E-state index in [1.54, 1.807) is 45.0 Å². The highest BCUT2D eigenvalue weighted by Crippen LogP contribution is 2.48. The van der Waals surface area contributed by atoms with Gasteiger partial charge in [0.15, 0.2) is 12.4 Å². The molecule has 3 rings (SSSR count). The third-order valence-corrected chi connectivity index (χ3v) is 5.02. The Labute approximate surface area is 161 Å². The first-order valence-corrected chi connectivity index (χ1v) is 9.42. The van der Waals surface area contributed by atoms with E-state index in [0.29, 0.717) is 17.9 Å². The Bertz CT molecular complexity index is 724. The molecule has 2 aliphatic rings. The molecular formula is C19H22BrNO5. The molecule has 140 valence electrons. The highest BCUT2D eigenvalue weighted by Gasteiger charge is 2.57. The van der Waals surface area contributed by atoms with Crippen molar-refractivity contribution in [1.29, 1.82) is 0 Å². The lowest BCUT2D eigenvalue weighted by atomic mass is 10.1. The normalized spacial score (nSPS) is 24.0. The van der Waals surface area contributed by atoms with Crippen molar-refractivity contribution < 1.29 is 23.9 Å². The first-order valence-electron chi connectivity index (χ1n) is 8.62. The summed E-state index contributed by atoms with van der Waals surface area (Å²) in [6, 6.07) is 6.21. The molecule has 26 heavy (non-hydrogen) atoms. The fraction of sp³-hybridized carbons (Fsp3) is 0.526. The van der Waals surface area contributed by atoms with Crippen molar-refractivity contribution in [3.05, 3.63) is 34.3 Å². The molecule has 6 nitrogen and oxygen atoms in total. The van der Waals surface area contributed by atoms with Gasteiger partial charge in [-0.25, -0.2) is 9.59 Å². The standard InChI is InChI=1S/C19H22BrNO5/c1-19(2,3)26-18(24)21-14-8-12(14)9-15(21)17(23)25-10-16(22)11-4-6-13(20)7-5-11/h4-7,12,14-15H,8-10H2,1-3H3/t12?,14-,15+/m1/s1. The van der Waals surface area contributed by atoms with Crippen molar-refractivity contribution in [3.8, 4) is 0 Å². The minimum absolute atomic E-state index is 0.0459. The van der Waals surface area contributed by atoms with Crippen molar-refractivity contribution in [3.63, 3.8) is 0 Å². The summed E-state index contributed by atoms with van der Waals surface area (Å²) in [5, 5.41) is 0. The Balaban J connectivity index is 1.59. The monoisotopic (exact) mass is 423 g/mol. The van der Waals surface area contributed by atoms with Crippen LogP contribution in [0.3, 0.4) is 0 Å². The van der Waals surface area contributed by atoms with E-state index in [0.717, 1.165) is 10.9 Å². The van der Waals surface area contributed by atoms with Gasteiger partial charge in [0, 0.05) is 16.1 Å². The fourth-order valence-electron chi connectivity index (χ4n) is 3.20. The zero-order valence-corrected chi connectivity index (χ0v) is 16.6. The van der Waals surface area contributed by atoms with Crippen LogP contribution >= 0.6 is 15.9 Å². The van der Waals surface area contributed by atoms with E-state index < -0.39 is 23.7 Å². The molecule has 1 aromatic rings. The Morgan fingerprint density at radius 2 is 1.81 bits per heavy atom. The van der Waals surface area contributed by atoms with E-state index in [4.69, 9.17) is 9.47 Å². The van der Waals surface area contributed by atoms with E-state index >= 15 is 0 Å². The maximum atomic E-state index is 12.5. The van der Waals surface area contributed by atoms with Crippen molar-refractivity contribution in [2.75, 3.05) is 6.61 Å². The van der Waals surface area contributed by atoms with Gasteiger partial charge in [0.1, 0.15) is 11.6 Å². The van der Waals surface area contributed by atoms with Crippen LogP contribution in [-0.4, -0.2) is 47.0 Å². The van der Waals surface area contributed by atoms with Crippen LogP contribution < -0.4 is 0 Å². The molecule has 0 radical (unpaired) electrons. The molecule has 3 atom stereocenters. The molecule has 1 aromatic carbocycles. The van der Waals surface area contributed by atoms with Crippen LogP contribution in [0.5, 0.6) is 0 Å². The van der Waals surface area contributed by atoms with Gasteiger partial charge < -0.3 is 9.47 Å². The van der Waals surface area contributed by atoms with Gasteiger partial charge in [-0.1, -0.05) is 28.1 Å². The number of benzene rings is 1. The summed E-state index contributed by atoms with van der Waals surface area (Å²) < 4.78 is 11.5. The molecule has 1 unspecified atom stereocenters. The zero-order chi connectivity index (χ0) is 19.1. The molecule has 2 fully saturated rings. The van der Waals surface area contributed by atoms with E-state index in [-0.39, 0.29) is 18.4 Å². The molecule has 1 aliphatic heterocycles. The van der Waals surface area contributed by atoms with E-state index in [1.165, 1.54) is 4.90 Å². The number of piperidine rings is 1. The van der Waals surface area contributed by atoms with Crippen molar-refractivity contribution in [2.24, 2.45) is 5.92 Å². The molecule has 7 heteroatoms. The number of esters is 1. The van der Waals surface area contributed by atoms with Crippen LogP contribution in [0, 0.1) is 5.92 Å². The first kappa shape index (κ1) is 18.9. The minimum Gasteiger partial charge on any atom is -0.456 e. The predicted octanol–water partition coefficient (Wildman–Crippen LogP) is 3.57. The summed E-state index contributed by atoms with van der Waals surface area (Å²) in [4.78, 5) is 38.5. The lowest BCUT2D eigenvalue weighted by Crippen LogP contribution is -2.46. The highest BCUT2D eigenvalue weighted by atomic mass is 79.9. The second-order valence-electron chi connectivity index (χ2n) is 7.74. The number of likely N-dealkylation sites (tertiary alicyclic amines) is 1. The Kier molecular flexibility index (Phi) is 5.10. The highest BCUT2D eigenvalue weighted by molar-refractivity contribution is 9.10. The third kappa shape index (κ3) is 4.26. The van der Waals surface area contributed by atoms with Crippen LogP contribution in [0.2, 0.25) is 0 Å². The van der Waals surface area contributed by atoms with Crippen LogP contribution in [0.4, 0.5) is 4.79 Å². The van der Waals surface area contributed by atoms with Gasteiger partial charge in [0.05, 0.1) is 0 Å². The Morgan fingerprint density at radius 3 is 2.42 bits per heavy atom. The fourth-order valence-corrected chi connectivity index (χ4v) is 3.46. The second kappa shape index (κ2) is 7.02. The number of Topliss-reactive ketones (excluding diaryl/α,β-unsaturated/α-hetero) is 1. The number of carbonyl (C=O) groups excluding carboxylic acids is 3. The molecule has 0 spiro atoms. The number of nitrogens with zero attached hydrogens (tertiary/aromatic N) is 1. The Morgan fingerprint density at radius 1 is 1.15 bits per heavy atom. The summed E-state index contributed by atoms with van der Waals surface area (Å²) in [6.45, 7) is 5.02. The third-order valence-electron chi connectivity index (χ3n) is 4.49. The Hall–Kier alpha value is -1.89. The minimum atomic E-state index is -0.675. The topological polar surface area (TPSA) is 72.9 Å². The summed E-state index contributed by atoms with van der Waals surface area (Å²) in [6.07, 6.45) is 0.958. The smallest absolute Gasteiger partial charge is 0.411 e. The largest absolute Gasteiger partial charge is 0.456 e. The molecule has 1 aliphatic carbocycles. The number of rotatable bonds is 4. The average molecular weight is 424 g/mol. The van der Waals surface area contributed by atoms with Crippen LogP contribution in [-0.2, 0) is 14.3 Å². The van der Waals surface area contributed by atoms with Gasteiger partial charge in [0.2, 0.25) is 0 Å². The number of fused-ring (bicyclic) bond motifs is 1. The molecule has 0 N–H and O–H groups in total. The van der Waals surface area contributed by atoms with Crippen LogP contribution in [0.25, 0.3) is 0 Å². The van der Waals surface area contributed by atoms with Gasteiger partial charge in [-0.2, -0.15) is 0 Å². The van der Waals surface area contributed by atoms with Crippen LogP contribution in [0.15, 0.2) is 28.7 Å². The number of hydrogen-bond acceptors (Lipinski definition) is 5. The molecule has 0 aromatic heterocycles. The van der Waals surface area contributed by atoms with E-state index in [9.17, 15) is 14.4 Å². The summed E-state index contributed by atoms with van der Waals surface area (Å²) in [5.41, 5.74) is -0.157. The number of amides is 1. The van der Waals surface area contributed by atoms with Gasteiger partial charge in [-0.05, 0) is 51.7 Å². The first-order chi connectivity index (χ1) is 12.2. The van der Waals surface area contributed by atoms with E-state index in [1.807, 2.05) is 0 Å². The lowest BCUT2D eigenvalue weighted by molar-refractivity contribution is -0.148. The number of ether oxygens (including phenoxy) is 2. The zero-order valence-electron chi connectivity index (χ0n) is 15.0. The predicted molar refractivity (Wildman–Crippen MR) is 97.8 cm³/mol. The maximum absolute atomic E-state index is 12.5. The molecule has 1 amide bonds. The van der Waals surface area contributed by atoms with Gasteiger partial charge >= 0.3 is 12.1 Å². The number of halogens is 1. The van der Waals surface area contributed by atoms with Crippen molar-refractivity contribution in [1.82, 2.24) is 4.90 Å². The number of carbonyl (C=O) groups is 3. The molecule has 0 bridgehead atoms. The van der Waals surface area contributed by atoms with Crippen molar-refractivity contribution in [2.45, 2.75) is 51.3 Å². The molecule has 1 heterocycles. The van der Waals surface area contributed by atoms with E-state index in [2.05, 4.69) is 15.9 Å². The van der Waals surface area contributed by atoms with Crippen LogP contribution in [0.1, 0.15) is 44.0 Å². The summed E-state index contributed by atoms with van der Waals surface area (Å²) in [7, 11) is 0. The average Bonchev–Trinajstić information content (AvgIpc) is 3.20.